The zero-order valence-corrected chi connectivity index (χ0v) is 10.4. The number of H-pyrrole nitrogens is 1. The largest absolute Gasteiger partial charge is 0.344 e. The van der Waals surface area contributed by atoms with Crippen molar-refractivity contribution in [2.45, 2.75) is 44.3 Å². The minimum Gasteiger partial charge on any atom is -0.268 e. The van der Waals surface area contributed by atoms with Gasteiger partial charge in [0.2, 0.25) is 0 Å². The Bertz CT molecular complexity index is 415. The van der Waals surface area contributed by atoms with Crippen LogP contribution in [0, 0.1) is 11.3 Å². The van der Waals surface area contributed by atoms with Gasteiger partial charge in [0.1, 0.15) is 0 Å². The first-order chi connectivity index (χ1) is 7.66. The van der Waals surface area contributed by atoms with Crippen LogP contribution in [-0.4, -0.2) is 20.5 Å². The van der Waals surface area contributed by atoms with E-state index in [1.54, 1.807) is 16.3 Å². The van der Waals surface area contributed by atoms with Gasteiger partial charge >= 0.3 is 5.69 Å². The normalized spacial score (nSPS) is 10.6. The van der Waals surface area contributed by atoms with Crippen LogP contribution in [0.15, 0.2) is 9.95 Å². The molecule has 0 saturated carbocycles. The predicted molar refractivity (Wildman–Crippen MR) is 63.4 cm³/mol. The second-order valence-corrected chi connectivity index (χ2v) is 4.80. The summed E-state index contributed by atoms with van der Waals surface area (Å²) in [5, 5.41) is 15.5. The maximum atomic E-state index is 11.4. The summed E-state index contributed by atoms with van der Waals surface area (Å²) >= 11 is 1.56. The van der Waals surface area contributed by atoms with E-state index in [1.807, 2.05) is 13.8 Å². The number of nitrogens with zero attached hydrogens (tertiary/aromatic N) is 3. The molecule has 0 bridgehead atoms. The quantitative estimate of drug-likeness (QED) is 0.609. The van der Waals surface area contributed by atoms with E-state index in [1.165, 1.54) is 0 Å². The Morgan fingerprint density at radius 1 is 1.56 bits per heavy atom. The SMILES string of the molecule is CC(C)n1c(SCCCCC#N)n[nH]c1=O. The number of aromatic nitrogens is 3. The zero-order chi connectivity index (χ0) is 12.0. The number of hydrogen-bond donors (Lipinski definition) is 1. The minimum absolute atomic E-state index is 0.118. The third-order valence-corrected chi connectivity index (χ3v) is 3.14. The zero-order valence-electron chi connectivity index (χ0n) is 9.56. The molecule has 1 N–H and O–H groups in total. The number of nitriles is 1. The molecule has 88 valence electrons. The smallest absolute Gasteiger partial charge is 0.268 e. The van der Waals surface area contributed by atoms with E-state index in [2.05, 4.69) is 16.3 Å². The molecule has 16 heavy (non-hydrogen) atoms. The molecule has 5 nitrogen and oxygen atoms in total. The van der Waals surface area contributed by atoms with Crippen LogP contribution in [0.25, 0.3) is 0 Å². The van der Waals surface area contributed by atoms with Crippen LogP contribution in [0.5, 0.6) is 0 Å². The van der Waals surface area contributed by atoms with Gasteiger partial charge in [0.25, 0.3) is 0 Å². The molecule has 0 unspecified atom stereocenters. The molecule has 0 amide bonds. The Labute approximate surface area is 98.9 Å². The van der Waals surface area contributed by atoms with E-state index >= 15 is 0 Å². The summed E-state index contributed by atoms with van der Waals surface area (Å²) in [6.07, 6.45) is 2.47. The van der Waals surface area contributed by atoms with Crippen LogP contribution in [0.1, 0.15) is 39.2 Å². The maximum Gasteiger partial charge on any atom is 0.344 e. The molecule has 1 aromatic heterocycles. The van der Waals surface area contributed by atoms with Crippen molar-refractivity contribution < 1.29 is 0 Å². The van der Waals surface area contributed by atoms with Crippen molar-refractivity contribution in [3.8, 4) is 6.07 Å². The average molecular weight is 240 g/mol. The van der Waals surface area contributed by atoms with Gasteiger partial charge in [0, 0.05) is 18.2 Å². The lowest BCUT2D eigenvalue weighted by Crippen LogP contribution is -2.19. The molecular weight excluding hydrogens is 224 g/mol. The molecule has 0 aliphatic heterocycles. The van der Waals surface area contributed by atoms with Crippen molar-refractivity contribution in [3.05, 3.63) is 10.5 Å². The standard InChI is InChI=1S/C10H16N4OS/c1-8(2)14-9(15)12-13-10(14)16-7-5-3-4-6-11/h8H,3-5,7H2,1-2H3,(H,12,15). The summed E-state index contributed by atoms with van der Waals surface area (Å²) in [5.74, 6) is 0.888. The first kappa shape index (κ1) is 12.8. The Hall–Kier alpha value is -1.22. The Kier molecular flexibility index (Phi) is 5.12. The Morgan fingerprint density at radius 2 is 2.31 bits per heavy atom. The molecule has 0 fully saturated rings. The van der Waals surface area contributed by atoms with Gasteiger partial charge in [-0.05, 0) is 26.7 Å². The molecular formula is C10H16N4OS. The summed E-state index contributed by atoms with van der Waals surface area (Å²) in [6.45, 7) is 3.91. The van der Waals surface area contributed by atoms with E-state index in [9.17, 15) is 4.79 Å². The maximum absolute atomic E-state index is 11.4. The molecule has 0 saturated heterocycles. The predicted octanol–water partition coefficient (Wildman–Crippen LogP) is 1.94. The Balaban J connectivity index is 2.48. The second-order valence-electron chi connectivity index (χ2n) is 3.74. The fourth-order valence-electron chi connectivity index (χ4n) is 1.32. The summed E-state index contributed by atoms with van der Waals surface area (Å²) in [7, 11) is 0. The van der Waals surface area contributed by atoms with Crippen LogP contribution >= 0.6 is 11.8 Å². The molecule has 0 aliphatic rings. The first-order valence-corrected chi connectivity index (χ1v) is 6.32. The van der Waals surface area contributed by atoms with Crippen LogP contribution < -0.4 is 5.69 Å². The van der Waals surface area contributed by atoms with E-state index in [4.69, 9.17) is 5.26 Å². The van der Waals surface area contributed by atoms with Crippen molar-refractivity contribution >= 4 is 11.8 Å². The third kappa shape index (κ3) is 3.42. The lowest BCUT2D eigenvalue weighted by atomic mass is 10.3. The molecule has 0 atom stereocenters. The topological polar surface area (TPSA) is 74.5 Å². The number of rotatable bonds is 6. The molecule has 6 heteroatoms. The third-order valence-electron chi connectivity index (χ3n) is 2.10. The average Bonchev–Trinajstić information content (AvgIpc) is 2.59. The van der Waals surface area contributed by atoms with Gasteiger partial charge in [-0.1, -0.05) is 11.8 Å². The summed E-state index contributed by atoms with van der Waals surface area (Å²) in [6, 6.07) is 2.23. The van der Waals surface area contributed by atoms with Gasteiger partial charge in [-0.3, -0.25) is 4.57 Å². The summed E-state index contributed by atoms with van der Waals surface area (Å²) in [5.41, 5.74) is -0.158. The number of hydrogen-bond acceptors (Lipinski definition) is 4. The molecule has 1 rings (SSSR count). The second kappa shape index (κ2) is 6.38. The van der Waals surface area contributed by atoms with Gasteiger partial charge < -0.3 is 0 Å². The highest BCUT2D eigenvalue weighted by Gasteiger charge is 2.10. The van der Waals surface area contributed by atoms with E-state index in [0.717, 1.165) is 23.8 Å². The Morgan fingerprint density at radius 3 is 2.94 bits per heavy atom. The number of thioether (sulfide) groups is 1. The monoisotopic (exact) mass is 240 g/mol. The van der Waals surface area contributed by atoms with Crippen molar-refractivity contribution in [2.24, 2.45) is 0 Å². The molecule has 1 heterocycles. The van der Waals surface area contributed by atoms with Gasteiger partial charge in [0.15, 0.2) is 5.16 Å². The summed E-state index contributed by atoms with van der Waals surface area (Å²) in [4.78, 5) is 11.4. The molecule has 0 aliphatic carbocycles. The van der Waals surface area contributed by atoms with E-state index < -0.39 is 0 Å². The van der Waals surface area contributed by atoms with Crippen molar-refractivity contribution in [1.29, 1.82) is 5.26 Å². The van der Waals surface area contributed by atoms with Gasteiger partial charge in [-0.15, -0.1) is 5.10 Å². The number of aromatic amines is 1. The van der Waals surface area contributed by atoms with Crippen molar-refractivity contribution in [3.63, 3.8) is 0 Å². The van der Waals surface area contributed by atoms with E-state index in [0.29, 0.717) is 6.42 Å². The van der Waals surface area contributed by atoms with Gasteiger partial charge in [-0.2, -0.15) is 5.26 Å². The summed E-state index contributed by atoms with van der Waals surface area (Å²) < 4.78 is 1.65. The minimum atomic E-state index is -0.158. The molecule has 1 aromatic rings. The molecule has 0 radical (unpaired) electrons. The molecule has 0 aromatic carbocycles. The fourth-order valence-corrected chi connectivity index (χ4v) is 2.39. The van der Waals surface area contributed by atoms with Crippen molar-refractivity contribution in [2.75, 3.05) is 5.75 Å². The van der Waals surface area contributed by atoms with Crippen molar-refractivity contribution in [1.82, 2.24) is 14.8 Å². The van der Waals surface area contributed by atoms with E-state index in [-0.39, 0.29) is 11.7 Å². The molecule has 0 spiro atoms. The number of nitrogens with one attached hydrogen (secondary N) is 1. The lowest BCUT2D eigenvalue weighted by Gasteiger charge is -2.07. The lowest BCUT2D eigenvalue weighted by molar-refractivity contribution is 0.534. The van der Waals surface area contributed by atoms with Crippen LogP contribution in [0.2, 0.25) is 0 Å². The highest BCUT2D eigenvalue weighted by atomic mass is 32.2. The first-order valence-electron chi connectivity index (χ1n) is 5.33. The number of unbranched alkanes of at least 4 members (excludes halogenated alkanes) is 2. The fraction of sp³-hybridized carbons (Fsp3) is 0.700. The van der Waals surface area contributed by atoms with Crippen LogP contribution in [0.4, 0.5) is 0 Å². The highest BCUT2D eigenvalue weighted by Crippen LogP contribution is 2.18. The van der Waals surface area contributed by atoms with Crippen LogP contribution in [-0.2, 0) is 0 Å². The highest BCUT2D eigenvalue weighted by molar-refractivity contribution is 7.99. The van der Waals surface area contributed by atoms with Gasteiger partial charge in [0.05, 0.1) is 6.07 Å². The van der Waals surface area contributed by atoms with Crippen LogP contribution in [0.3, 0.4) is 0 Å². The van der Waals surface area contributed by atoms with Gasteiger partial charge in [-0.25, -0.2) is 9.89 Å².